The lowest BCUT2D eigenvalue weighted by atomic mass is 10.1. The Morgan fingerprint density at radius 1 is 1.47 bits per heavy atom. The molecule has 0 aliphatic heterocycles. The third kappa shape index (κ3) is 2.73. The summed E-state index contributed by atoms with van der Waals surface area (Å²) < 4.78 is 1.75. The first-order valence-corrected chi connectivity index (χ1v) is 5.89. The summed E-state index contributed by atoms with van der Waals surface area (Å²) in [6, 6.07) is 3.51. The van der Waals surface area contributed by atoms with Crippen LogP contribution in [0, 0.1) is 5.92 Å². The van der Waals surface area contributed by atoms with Gasteiger partial charge in [-0.2, -0.15) is 0 Å². The average molecular weight is 261 g/mol. The van der Waals surface area contributed by atoms with Crippen molar-refractivity contribution in [1.82, 2.24) is 14.3 Å². The van der Waals surface area contributed by atoms with E-state index in [0.29, 0.717) is 5.56 Å². The van der Waals surface area contributed by atoms with Crippen molar-refractivity contribution in [2.24, 2.45) is 5.92 Å². The summed E-state index contributed by atoms with van der Waals surface area (Å²) in [4.78, 5) is 28.3. The Labute approximate surface area is 110 Å². The number of amides is 1. The molecule has 6 heteroatoms. The van der Waals surface area contributed by atoms with Crippen molar-refractivity contribution in [3.8, 4) is 0 Å². The number of nitrogens with zero attached hydrogens (tertiary/aromatic N) is 3. The van der Waals surface area contributed by atoms with Crippen LogP contribution >= 0.6 is 0 Å². The van der Waals surface area contributed by atoms with Crippen molar-refractivity contribution in [3.05, 3.63) is 36.4 Å². The van der Waals surface area contributed by atoms with Gasteiger partial charge >= 0.3 is 5.97 Å². The Hall–Kier alpha value is -2.37. The third-order valence-electron chi connectivity index (χ3n) is 2.97. The highest BCUT2D eigenvalue weighted by Crippen LogP contribution is 2.09. The second-order valence-electron chi connectivity index (χ2n) is 4.57. The molecule has 100 valence electrons. The summed E-state index contributed by atoms with van der Waals surface area (Å²) in [7, 11) is 1.60. The number of carboxylic acids is 1. The smallest absolute Gasteiger partial charge is 0.308 e. The molecule has 0 fully saturated rings. The van der Waals surface area contributed by atoms with Gasteiger partial charge in [0.15, 0.2) is 0 Å². The number of carboxylic acid groups (broad SMARTS) is 1. The second kappa shape index (κ2) is 5.09. The van der Waals surface area contributed by atoms with E-state index in [9.17, 15) is 9.59 Å². The first-order chi connectivity index (χ1) is 8.99. The fourth-order valence-corrected chi connectivity index (χ4v) is 1.84. The highest BCUT2D eigenvalue weighted by Gasteiger charge is 2.18. The summed E-state index contributed by atoms with van der Waals surface area (Å²) in [5.74, 6) is -1.71. The number of carbonyl (C=O) groups excluding carboxylic acids is 1. The van der Waals surface area contributed by atoms with Crippen LogP contribution in [-0.2, 0) is 4.79 Å². The van der Waals surface area contributed by atoms with E-state index in [1.54, 1.807) is 49.2 Å². The van der Waals surface area contributed by atoms with E-state index in [1.807, 2.05) is 0 Å². The standard InChI is InChI=1S/C13H15N3O3/c1-9(13(18)19)6-15(2)12(17)10-3-4-11-5-14-8-16(11)7-10/h3-5,7-9H,6H2,1-2H3,(H,18,19). The van der Waals surface area contributed by atoms with E-state index in [1.165, 1.54) is 4.90 Å². The molecule has 0 radical (unpaired) electrons. The molecule has 2 heterocycles. The van der Waals surface area contributed by atoms with Crippen LogP contribution in [0.5, 0.6) is 0 Å². The van der Waals surface area contributed by atoms with Gasteiger partial charge in [-0.05, 0) is 12.1 Å². The van der Waals surface area contributed by atoms with Gasteiger partial charge in [0, 0.05) is 19.8 Å². The van der Waals surface area contributed by atoms with Crippen molar-refractivity contribution in [2.45, 2.75) is 6.92 Å². The maximum Gasteiger partial charge on any atom is 0.308 e. The van der Waals surface area contributed by atoms with Gasteiger partial charge in [-0.15, -0.1) is 0 Å². The van der Waals surface area contributed by atoms with E-state index in [2.05, 4.69) is 4.98 Å². The van der Waals surface area contributed by atoms with Crippen molar-refractivity contribution < 1.29 is 14.7 Å². The van der Waals surface area contributed by atoms with Gasteiger partial charge in [0.05, 0.1) is 29.5 Å². The first-order valence-electron chi connectivity index (χ1n) is 5.89. The molecular formula is C13H15N3O3. The van der Waals surface area contributed by atoms with E-state index >= 15 is 0 Å². The van der Waals surface area contributed by atoms with E-state index in [-0.39, 0.29) is 12.5 Å². The van der Waals surface area contributed by atoms with Crippen molar-refractivity contribution in [3.63, 3.8) is 0 Å². The molecule has 0 bridgehead atoms. The zero-order chi connectivity index (χ0) is 14.0. The first kappa shape index (κ1) is 13.1. The molecule has 0 aliphatic carbocycles. The molecule has 0 saturated heterocycles. The van der Waals surface area contributed by atoms with E-state index < -0.39 is 11.9 Å². The summed E-state index contributed by atoms with van der Waals surface area (Å²) in [5.41, 5.74) is 1.41. The van der Waals surface area contributed by atoms with E-state index in [0.717, 1.165) is 5.52 Å². The summed E-state index contributed by atoms with van der Waals surface area (Å²) in [6.45, 7) is 1.75. The molecule has 0 saturated carbocycles. The maximum atomic E-state index is 12.2. The maximum absolute atomic E-state index is 12.2. The Bertz CT molecular complexity index is 620. The molecule has 19 heavy (non-hydrogen) atoms. The lowest BCUT2D eigenvalue weighted by Crippen LogP contribution is -2.33. The highest BCUT2D eigenvalue weighted by atomic mass is 16.4. The van der Waals surface area contributed by atoms with E-state index in [4.69, 9.17) is 5.11 Å². The van der Waals surface area contributed by atoms with Crippen LogP contribution in [0.3, 0.4) is 0 Å². The van der Waals surface area contributed by atoms with Crippen LogP contribution in [0.25, 0.3) is 5.52 Å². The van der Waals surface area contributed by atoms with Crippen LogP contribution in [0.1, 0.15) is 17.3 Å². The average Bonchev–Trinajstić information content (AvgIpc) is 2.84. The van der Waals surface area contributed by atoms with Crippen LogP contribution in [-0.4, -0.2) is 44.9 Å². The number of hydrogen-bond donors (Lipinski definition) is 1. The van der Waals surface area contributed by atoms with Gasteiger partial charge in [-0.3, -0.25) is 9.59 Å². The topological polar surface area (TPSA) is 74.9 Å². The highest BCUT2D eigenvalue weighted by molar-refractivity contribution is 5.94. The molecule has 1 amide bonds. The summed E-state index contributed by atoms with van der Waals surface area (Å²) in [5, 5.41) is 8.85. The monoisotopic (exact) mass is 261 g/mol. The van der Waals surface area contributed by atoms with Crippen molar-refractivity contribution in [2.75, 3.05) is 13.6 Å². The SMILES string of the molecule is CC(CN(C)C(=O)c1ccc2cncn2c1)C(=O)O. The zero-order valence-corrected chi connectivity index (χ0v) is 10.8. The Morgan fingerprint density at radius 2 is 2.21 bits per heavy atom. The molecule has 6 nitrogen and oxygen atoms in total. The molecule has 2 rings (SSSR count). The van der Waals surface area contributed by atoms with Gasteiger partial charge in [-0.25, -0.2) is 4.98 Å². The number of aromatic nitrogens is 2. The quantitative estimate of drug-likeness (QED) is 0.895. The number of aliphatic carboxylic acids is 1. The molecular weight excluding hydrogens is 246 g/mol. The van der Waals surface area contributed by atoms with Gasteiger partial charge in [0.1, 0.15) is 0 Å². The number of pyridine rings is 1. The molecule has 0 aromatic carbocycles. The Balaban J connectivity index is 2.16. The number of carbonyl (C=O) groups is 2. The lowest BCUT2D eigenvalue weighted by Gasteiger charge is -2.19. The minimum atomic E-state index is -0.912. The van der Waals surface area contributed by atoms with Crippen molar-refractivity contribution in [1.29, 1.82) is 0 Å². The number of hydrogen-bond acceptors (Lipinski definition) is 3. The third-order valence-corrected chi connectivity index (χ3v) is 2.97. The summed E-state index contributed by atoms with van der Waals surface area (Å²) >= 11 is 0. The number of imidazole rings is 1. The lowest BCUT2D eigenvalue weighted by molar-refractivity contribution is -0.141. The second-order valence-corrected chi connectivity index (χ2v) is 4.57. The molecule has 1 atom stereocenters. The fourth-order valence-electron chi connectivity index (χ4n) is 1.84. The van der Waals surface area contributed by atoms with Crippen LogP contribution in [0.4, 0.5) is 0 Å². The van der Waals surface area contributed by atoms with Crippen LogP contribution in [0.15, 0.2) is 30.9 Å². The van der Waals surface area contributed by atoms with Gasteiger partial charge < -0.3 is 14.4 Å². The Morgan fingerprint density at radius 3 is 2.89 bits per heavy atom. The number of rotatable bonds is 4. The van der Waals surface area contributed by atoms with Crippen molar-refractivity contribution >= 4 is 17.4 Å². The predicted molar refractivity (Wildman–Crippen MR) is 69.0 cm³/mol. The molecule has 1 N–H and O–H groups in total. The molecule has 0 aliphatic rings. The van der Waals surface area contributed by atoms with Crippen LogP contribution < -0.4 is 0 Å². The molecule has 0 spiro atoms. The molecule has 1 unspecified atom stereocenters. The Kier molecular flexibility index (Phi) is 3.50. The zero-order valence-electron chi connectivity index (χ0n) is 10.8. The molecule has 2 aromatic heterocycles. The largest absolute Gasteiger partial charge is 0.481 e. The van der Waals surface area contributed by atoms with Gasteiger partial charge in [0.25, 0.3) is 5.91 Å². The normalized spacial score (nSPS) is 12.3. The van der Waals surface area contributed by atoms with Gasteiger partial charge in [-0.1, -0.05) is 6.92 Å². The summed E-state index contributed by atoms with van der Waals surface area (Å²) in [6.07, 6.45) is 5.00. The molecule has 2 aromatic rings. The fraction of sp³-hybridized carbons (Fsp3) is 0.308. The number of fused-ring (bicyclic) bond motifs is 1. The predicted octanol–water partition coefficient (Wildman–Crippen LogP) is 1.13. The minimum Gasteiger partial charge on any atom is -0.481 e. The van der Waals surface area contributed by atoms with Crippen LogP contribution in [0.2, 0.25) is 0 Å². The minimum absolute atomic E-state index is 0.177. The van der Waals surface area contributed by atoms with Gasteiger partial charge in [0.2, 0.25) is 0 Å².